The van der Waals surface area contributed by atoms with Crippen LogP contribution in [0.15, 0.2) is 34.9 Å². The van der Waals surface area contributed by atoms with Gasteiger partial charge in [0.2, 0.25) is 0 Å². The second-order valence-corrected chi connectivity index (χ2v) is 5.28. The number of hydrogen-bond donors (Lipinski definition) is 0. The zero-order valence-corrected chi connectivity index (χ0v) is 11.8. The summed E-state index contributed by atoms with van der Waals surface area (Å²) in [5.41, 5.74) is 1.49. The van der Waals surface area contributed by atoms with Crippen LogP contribution in [0.5, 0.6) is 0 Å². The Morgan fingerprint density at radius 3 is 2.60 bits per heavy atom. The highest BCUT2D eigenvalue weighted by molar-refractivity contribution is 6.08. The van der Waals surface area contributed by atoms with Gasteiger partial charge >= 0.3 is 0 Å². The number of carbonyl (C=O) groups is 1. The summed E-state index contributed by atoms with van der Waals surface area (Å²) in [5, 5.41) is 0.921. The summed E-state index contributed by atoms with van der Waals surface area (Å²) in [6, 6.07) is 7.70. The van der Waals surface area contributed by atoms with Crippen molar-refractivity contribution in [3.05, 3.63) is 36.1 Å². The van der Waals surface area contributed by atoms with Gasteiger partial charge in [0.05, 0.1) is 12.1 Å². The summed E-state index contributed by atoms with van der Waals surface area (Å²) in [6.45, 7) is 7.80. The second kappa shape index (κ2) is 5.77. The molecule has 1 aliphatic rings. The van der Waals surface area contributed by atoms with Gasteiger partial charge in [-0.2, -0.15) is 0 Å². The van der Waals surface area contributed by atoms with Crippen molar-refractivity contribution in [3.63, 3.8) is 0 Å². The van der Waals surface area contributed by atoms with E-state index in [4.69, 9.17) is 4.42 Å². The Kier molecular flexibility index (Phi) is 3.85. The smallest absolute Gasteiger partial charge is 0.180 e. The van der Waals surface area contributed by atoms with E-state index in [-0.39, 0.29) is 5.78 Å². The Bertz CT molecular complexity index is 597. The number of Topliss-reactive ketones (excluding diaryl/α,β-unsaturated/α-hetero) is 1. The molecule has 0 saturated carbocycles. The Morgan fingerprint density at radius 1 is 1.15 bits per heavy atom. The molecule has 0 atom stereocenters. The number of hydrogen-bond acceptors (Lipinski definition) is 4. The zero-order chi connectivity index (χ0) is 13.9. The standard InChI is InChI=1S/C16H20N2O2/c1-2-17-7-9-18(10-8-17)11-15(19)14-12-20-16-6-4-3-5-13(14)16/h3-6,12H,2,7-11H2,1H3. The minimum absolute atomic E-state index is 0.153. The highest BCUT2D eigenvalue weighted by Gasteiger charge is 2.20. The number of ketones is 1. The maximum atomic E-state index is 12.4. The van der Waals surface area contributed by atoms with Crippen LogP contribution in [0.1, 0.15) is 17.3 Å². The number of carbonyl (C=O) groups excluding carboxylic acids is 1. The molecule has 106 valence electrons. The van der Waals surface area contributed by atoms with Crippen LogP contribution < -0.4 is 0 Å². The van der Waals surface area contributed by atoms with Crippen molar-refractivity contribution in [3.8, 4) is 0 Å². The third-order valence-corrected chi connectivity index (χ3v) is 4.06. The summed E-state index contributed by atoms with van der Waals surface area (Å²) in [4.78, 5) is 17.1. The Morgan fingerprint density at radius 2 is 1.85 bits per heavy atom. The average Bonchev–Trinajstić information content (AvgIpc) is 2.92. The molecule has 1 saturated heterocycles. The summed E-state index contributed by atoms with van der Waals surface area (Å²) < 4.78 is 5.45. The molecule has 3 rings (SSSR count). The number of nitrogens with zero attached hydrogens (tertiary/aromatic N) is 2. The maximum absolute atomic E-state index is 12.4. The monoisotopic (exact) mass is 272 g/mol. The predicted molar refractivity (Wildman–Crippen MR) is 79.1 cm³/mol. The lowest BCUT2D eigenvalue weighted by Gasteiger charge is -2.33. The molecule has 1 fully saturated rings. The van der Waals surface area contributed by atoms with Gasteiger partial charge < -0.3 is 9.32 Å². The molecule has 4 nitrogen and oxygen atoms in total. The lowest BCUT2D eigenvalue weighted by molar-refractivity contribution is 0.0860. The number of likely N-dealkylation sites (N-methyl/N-ethyl adjacent to an activating group) is 1. The number of para-hydroxylation sites is 1. The Hall–Kier alpha value is -1.65. The van der Waals surface area contributed by atoms with Crippen LogP contribution in [0.2, 0.25) is 0 Å². The molecule has 1 aromatic heterocycles. The van der Waals surface area contributed by atoms with Gasteiger partial charge in [-0.15, -0.1) is 0 Å². The molecule has 1 aromatic carbocycles. The lowest BCUT2D eigenvalue weighted by atomic mass is 10.1. The van der Waals surface area contributed by atoms with Gasteiger partial charge in [-0.05, 0) is 12.6 Å². The van der Waals surface area contributed by atoms with Crippen LogP contribution in [0.3, 0.4) is 0 Å². The maximum Gasteiger partial charge on any atom is 0.180 e. The highest BCUT2D eigenvalue weighted by Crippen LogP contribution is 2.21. The van der Waals surface area contributed by atoms with Crippen molar-refractivity contribution < 1.29 is 9.21 Å². The van der Waals surface area contributed by atoms with Crippen LogP contribution in [0.25, 0.3) is 11.0 Å². The van der Waals surface area contributed by atoms with Gasteiger partial charge in [0.15, 0.2) is 5.78 Å². The molecule has 0 radical (unpaired) electrons. The van der Waals surface area contributed by atoms with Gasteiger partial charge in [-0.1, -0.05) is 25.1 Å². The Balaban J connectivity index is 1.68. The molecule has 4 heteroatoms. The van der Waals surface area contributed by atoms with E-state index in [0.717, 1.165) is 43.7 Å². The summed E-state index contributed by atoms with van der Waals surface area (Å²) in [7, 11) is 0. The van der Waals surface area contributed by atoms with Gasteiger partial charge in [0, 0.05) is 31.6 Å². The summed E-state index contributed by atoms with van der Waals surface area (Å²) in [6.07, 6.45) is 1.59. The minimum Gasteiger partial charge on any atom is -0.464 e. The average molecular weight is 272 g/mol. The molecule has 0 amide bonds. The first-order valence-corrected chi connectivity index (χ1v) is 7.22. The van der Waals surface area contributed by atoms with Crippen LogP contribution >= 0.6 is 0 Å². The van der Waals surface area contributed by atoms with Crippen LogP contribution in [0.4, 0.5) is 0 Å². The van der Waals surface area contributed by atoms with Crippen molar-refractivity contribution in [2.45, 2.75) is 6.92 Å². The van der Waals surface area contributed by atoms with Crippen LogP contribution in [-0.4, -0.2) is 54.9 Å². The van der Waals surface area contributed by atoms with Crippen molar-refractivity contribution in [1.82, 2.24) is 9.80 Å². The number of benzene rings is 1. The fraction of sp³-hybridized carbons (Fsp3) is 0.438. The van der Waals surface area contributed by atoms with Crippen molar-refractivity contribution >= 4 is 16.8 Å². The summed E-state index contributed by atoms with van der Waals surface area (Å²) >= 11 is 0. The van der Waals surface area contributed by atoms with Crippen molar-refractivity contribution in [2.24, 2.45) is 0 Å². The molecule has 1 aliphatic heterocycles. The quantitative estimate of drug-likeness (QED) is 0.800. The van der Waals surface area contributed by atoms with Gasteiger partial charge in [-0.3, -0.25) is 9.69 Å². The van der Waals surface area contributed by atoms with E-state index in [2.05, 4.69) is 16.7 Å². The fourth-order valence-corrected chi connectivity index (χ4v) is 2.75. The molecule has 0 aliphatic carbocycles. The molecule has 2 heterocycles. The third-order valence-electron chi connectivity index (χ3n) is 4.06. The van der Waals surface area contributed by atoms with E-state index >= 15 is 0 Å². The lowest BCUT2D eigenvalue weighted by Crippen LogP contribution is -2.47. The van der Waals surface area contributed by atoms with Gasteiger partial charge in [0.25, 0.3) is 0 Å². The number of fused-ring (bicyclic) bond motifs is 1. The van der Waals surface area contributed by atoms with Crippen LogP contribution in [-0.2, 0) is 0 Å². The van der Waals surface area contributed by atoms with Gasteiger partial charge in [0.1, 0.15) is 11.8 Å². The second-order valence-electron chi connectivity index (χ2n) is 5.28. The largest absolute Gasteiger partial charge is 0.464 e. The topological polar surface area (TPSA) is 36.7 Å². The molecule has 0 spiro atoms. The van der Waals surface area contributed by atoms with E-state index in [9.17, 15) is 4.79 Å². The van der Waals surface area contributed by atoms with Crippen molar-refractivity contribution in [1.29, 1.82) is 0 Å². The molecule has 0 bridgehead atoms. The minimum atomic E-state index is 0.153. The first-order valence-electron chi connectivity index (χ1n) is 7.22. The molecule has 0 unspecified atom stereocenters. The van der Waals surface area contributed by atoms with E-state index in [1.807, 2.05) is 24.3 Å². The third kappa shape index (κ3) is 2.62. The summed E-state index contributed by atoms with van der Waals surface area (Å²) in [5.74, 6) is 0.153. The van der Waals surface area contributed by atoms with E-state index in [1.165, 1.54) is 0 Å². The van der Waals surface area contributed by atoms with Gasteiger partial charge in [-0.25, -0.2) is 0 Å². The predicted octanol–water partition coefficient (Wildman–Crippen LogP) is 2.25. The number of piperazine rings is 1. The highest BCUT2D eigenvalue weighted by atomic mass is 16.3. The SMILES string of the molecule is CCN1CCN(CC(=O)c2coc3ccccc23)CC1. The molecular weight excluding hydrogens is 252 g/mol. The number of furan rings is 1. The first-order chi connectivity index (χ1) is 9.78. The Labute approximate surface area is 119 Å². The molecule has 20 heavy (non-hydrogen) atoms. The molecular formula is C16H20N2O2. The van der Waals surface area contributed by atoms with Crippen molar-refractivity contribution in [2.75, 3.05) is 39.3 Å². The van der Waals surface area contributed by atoms with E-state index < -0.39 is 0 Å². The molecule has 0 N–H and O–H groups in total. The van der Waals surface area contributed by atoms with E-state index in [0.29, 0.717) is 12.1 Å². The normalized spacial score (nSPS) is 17.6. The van der Waals surface area contributed by atoms with E-state index in [1.54, 1.807) is 6.26 Å². The number of rotatable bonds is 4. The van der Waals surface area contributed by atoms with Crippen LogP contribution in [0, 0.1) is 0 Å². The zero-order valence-electron chi connectivity index (χ0n) is 11.8. The molecule has 2 aromatic rings. The first kappa shape index (κ1) is 13.3. The fourth-order valence-electron chi connectivity index (χ4n) is 2.75.